The molecule has 120 heavy (non-hydrogen) atoms. The highest BCUT2D eigenvalue weighted by Crippen LogP contribution is 2.26. The van der Waals surface area contributed by atoms with E-state index in [-0.39, 0.29) is 70.5 Å². The maximum atomic E-state index is 14.9. The molecule has 0 unspecified atom stereocenters. The van der Waals surface area contributed by atoms with Crippen molar-refractivity contribution in [3.05, 3.63) is 29.8 Å². The number of aliphatic hydroxyl groups is 7. The first-order chi connectivity index (χ1) is 56.7. The number of nitrogens with one attached hydrogen (secondary N) is 10. The Bertz CT molecular complexity index is 3540. The molecule has 0 bridgehead atoms. The number of fused-ring (bicyclic) bond motifs is 2. The zero-order valence-corrected chi connectivity index (χ0v) is 70.2. The lowest BCUT2D eigenvalue weighted by Gasteiger charge is -2.34. The second-order valence-electron chi connectivity index (χ2n) is 31.9. The number of hydrogen-bond donors (Lipinski definition) is 22. The lowest BCUT2D eigenvalue weighted by atomic mass is 9.99. The van der Waals surface area contributed by atoms with Gasteiger partial charge in [0.15, 0.2) is 0 Å². The standard InChI is InChI=1S/C79H133N17O24/c1-9-10-11-12-13-14-15-16-17-18-19-23-51-38-59(106)88-62(44(5)97)72(112)85-43(4)68(108)87-54(36-48-26-28-49(101)29-27-48)69(109)90-61(42(2)3)77(117)96-41-50(102)37-55(96)70(110)91-64(46(7)99)74(114)92-65(47(8)100)78(118)95-35-30-56(103)67(95)75(115)93-66(57(104)39-58(83)105)71(111)84-40-60(107)89-63(45(6)98)73(113)86-53(79(119)120-51)25-21-33-94(34-22-32-81)76(116)52(82)24-20-31-80/h26-29,42-47,50-57,61-67,97-104H,9-25,30-41,80-82H2,1-8H3,(H2,83,105)(H,84,111)(H,85,112)(H,86,113)(H,87,108)(H,88,106)(H,89,107)(H,90,109)(H,91,110)(H,92,114)(H,93,115)/t43-,44-,45-,46-,47-,50-,51-,52+,53+,54+,55+,56+,57-,61+,62-,63-,64-,65+,66+,67+/m1/s1. The van der Waals surface area contributed by atoms with Gasteiger partial charge >= 0.3 is 5.97 Å². The fraction of sp³-hybridized carbons (Fsp3) is 0.734. The highest BCUT2D eigenvalue weighted by atomic mass is 16.5. The normalized spacial score (nSPS) is 26.7. The van der Waals surface area contributed by atoms with Crippen LogP contribution in [0.1, 0.15) is 196 Å². The molecule has 3 aliphatic heterocycles. The summed E-state index contributed by atoms with van der Waals surface area (Å²) in [6.07, 6.45) is -6.20. The van der Waals surface area contributed by atoms with Gasteiger partial charge in [0.05, 0.1) is 68.2 Å². The Labute approximate surface area is 699 Å². The number of primary amides is 1. The van der Waals surface area contributed by atoms with Crippen LogP contribution in [0, 0.1) is 5.92 Å². The summed E-state index contributed by atoms with van der Waals surface area (Å²) in [6.45, 7) is 9.00. The lowest BCUT2D eigenvalue weighted by Crippen LogP contribution is -2.64. The first-order valence-corrected chi connectivity index (χ1v) is 41.7. The summed E-state index contributed by atoms with van der Waals surface area (Å²) in [5.74, 6) is -18.1. The third kappa shape index (κ3) is 33.6. The Morgan fingerprint density at radius 2 is 1.06 bits per heavy atom. The monoisotopic (exact) mass is 1700 g/mol. The summed E-state index contributed by atoms with van der Waals surface area (Å²) in [5.41, 5.74) is 23.6. The second-order valence-corrected chi connectivity index (χ2v) is 31.9. The zero-order valence-electron chi connectivity index (χ0n) is 70.2. The number of rotatable bonds is 33. The number of unbranched alkanes of at least 4 members (excludes halogenated alkanes) is 10. The highest BCUT2D eigenvalue weighted by molar-refractivity contribution is 6.00. The van der Waals surface area contributed by atoms with Gasteiger partial charge in [-0.2, -0.15) is 0 Å². The van der Waals surface area contributed by atoms with Crippen LogP contribution in [0.25, 0.3) is 0 Å². The molecule has 3 fully saturated rings. The van der Waals surface area contributed by atoms with Crippen molar-refractivity contribution in [1.29, 1.82) is 0 Å². The van der Waals surface area contributed by atoms with Gasteiger partial charge < -0.3 is 136 Å². The van der Waals surface area contributed by atoms with Crippen LogP contribution in [0.3, 0.4) is 0 Å². The molecule has 41 heteroatoms. The number of esters is 1. The molecule has 14 amide bonds. The van der Waals surface area contributed by atoms with E-state index in [0.29, 0.717) is 36.1 Å². The van der Waals surface area contributed by atoms with Crippen molar-refractivity contribution in [3.8, 4) is 5.75 Å². The number of phenols is 1. The predicted octanol–water partition coefficient (Wildman–Crippen LogP) is -6.19. The number of carbonyl (C=O) groups excluding carboxylic acids is 15. The maximum absolute atomic E-state index is 14.9. The second kappa shape index (κ2) is 52.1. The van der Waals surface area contributed by atoms with Crippen LogP contribution in [0.15, 0.2) is 24.3 Å². The molecule has 3 heterocycles. The number of aliphatic hydroxyl groups excluding tert-OH is 7. The van der Waals surface area contributed by atoms with Crippen molar-refractivity contribution in [3.63, 3.8) is 0 Å². The smallest absolute Gasteiger partial charge is 0.328 e. The third-order valence-corrected chi connectivity index (χ3v) is 21.2. The van der Waals surface area contributed by atoms with E-state index in [1.54, 1.807) is 0 Å². The Kier molecular flexibility index (Phi) is 44.7. The molecule has 678 valence electrons. The molecule has 0 spiro atoms. The number of phenolic OH excluding ortho intramolecular Hbond substituents is 1. The fourth-order valence-electron chi connectivity index (χ4n) is 14.2. The largest absolute Gasteiger partial charge is 0.508 e. The number of nitrogens with two attached hydrogens (primary N) is 4. The minimum atomic E-state index is -2.26. The van der Waals surface area contributed by atoms with Crippen molar-refractivity contribution >= 4 is 88.7 Å². The van der Waals surface area contributed by atoms with E-state index in [9.17, 15) is 113 Å². The molecule has 0 aliphatic carbocycles. The van der Waals surface area contributed by atoms with Gasteiger partial charge in [0, 0.05) is 39.0 Å². The average molecular weight is 1710 g/mol. The van der Waals surface area contributed by atoms with Gasteiger partial charge in [0.2, 0.25) is 82.7 Å². The summed E-state index contributed by atoms with van der Waals surface area (Å²) >= 11 is 0. The van der Waals surface area contributed by atoms with E-state index in [0.717, 1.165) is 90.4 Å². The minimum absolute atomic E-state index is 0.00493. The van der Waals surface area contributed by atoms with Crippen molar-refractivity contribution in [2.75, 3.05) is 45.8 Å². The minimum Gasteiger partial charge on any atom is -0.508 e. The fourth-order valence-corrected chi connectivity index (χ4v) is 14.2. The molecule has 41 nitrogen and oxygen atoms in total. The van der Waals surface area contributed by atoms with Crippen LogP contribution >= 0.6 is 0 Å². The molecule has 3 aliphatic rings. The van der Waals surface area contributed by atoms with E-state index in [2.05, 4.69) is 60.1 Å². The van der Waals surface area contributed by atoms with Gasteiger partial charge in [-0.1, -0.05) is 97.1 Å². The van der Waals surface area contributed by atoms with Gasteiger partial charge in [-0.15, -0.1) is 0 Å². The van der Waals surface area contributed by atoms with Crippen LogP contribution < -0.4 is 76.1 Å². The quantitative estimate of drug-likeness (QED) is 0.0230. The number of cyclic esters (lactones) is 1. The summed E-state index contributed by atoms with van der Waals surface area (Å²) in [5, 5.41) is 112. The molecule has 20 atom stereocenters. The van der Waals surface area contributed by atoms with E-state index >= 15 is 0 Å². The molecule has 3 saturated heterocycles. The molecule has 1 aromatic rings. The summed E-state index contributed by atoms with van der Waals surface area (Å²) < 4.78 is 6.11. The molecular weight excluding hydrogens is 1570 g/mol. The average Bonchev–Trinajstić information content (AvgIpc) is 1.63. The van der Waals surface area contributed by atoms with E-state index in [1.807, 2.05) is 0 Å². The van der Waals surface area contributed by atoms with Gasteiger partial charge in [-0.25, -0.2) is 4.79 Å². The number of ether oxygens (including phenoxy) is 1. The van der Waals surface area contributed by atoms with Gasteiger partial charge in [0.1, 0.15) is 78.3 Å². The van der Waals surface area contributed by atoms with Crippen LogP contribution in [0.5, 0.6) is 5.75 Å². The van der Waals surface area contributed by atoms with E-state index in [1.165, 1.54) is 49.9 Å². The van der Waals surface area contributed by atoms with Crippen LogP contribution in [-0.2, 0) is 83.1 Å². The first-order valence-electron chi connectivity index (χ1n) is 41.7. The molecule has 0 aromatic heterocycles. The third-order valence-electron chi connectivity index (χ3n) is 21.2. The molecule has 0 saturated carbocycles. The van der Waals surface area contributed by atoms with E-state index in [4.69, 9.17) is 27.7 Å². The number of amides is 14. The van der Waals surface area contributed by atoms with Crippen molar-refractivity contribution < 1.29 is 118 Å². The number of carbonyl (C=O) groups is 15. The predicted molar refractivity (Wildman–Crippen MR) is 433 cm³/mol. The van der Waals surface area contributed by atoms with Gasteiger partial charge in [0.25, 0.3) is 0 Å². The Morgan fingerprint density at radius 1 is 0.550 bits per heavy atom. The molecular formula is C79H133N17O24. The topological polar surface area (TPSA) is 661 Å². The Morgan fingerprint density at radius 3 is 1.62 bits per heavy atom. The maximum Gasteiger partial charge on any atom is 0.328 e. The van der Waals surface area contributed by atoms with Crippen LogP contribution in [0.2, 0.25) is 0 Å². The van der Waals surface area contributed by atoms with E-state index < -0.39 is 255 Å². The lowest BCUT2D eigenvalue weighted by molar-refractivity contribution is -0.155. The van der Waals surface area contributed by atoms with Crippen LogP contribution in [0.4, 0.5) is 0 Å². The van der Waals surface area contributed by atoms with Crippen molar-refractivity contribution in [2.45, 2.75) is 318 Å². The Hall–Kier alpha value is -9.33. The number of benzene rings is 1. The van der Waals surface area contributed by atoms with Crippen molar-refractivity contribution in [2.24, 2.45) is 28.9 Å². The molecule has 1 aromatic carbocycles. The molecule has 0 radical (unpaired) electrons. The first kappa shape index (κ1) is 103. The molecule has 4 rings (SSSR count). The Balaban J connectivity index is 1.88. The van der Waals surface area contributed by atoms with Crippen molar-refractivity contribution in [1.82, 2.24) is 67.9 Å². The summed E-state index contributed by atoms with van der Waals surface area (Å²) in [7, 11) is 0. The summed E-state index contributed by atoms with van der Waals surface area (Å²) in [4.78, 5) is 217. The van der Waals surface area contributed by atoms with Crippen LogP contribution in [-0.4, -0.2) is 311 Å². The number of aromatic hydroxyl groups is 1. The van der Waals surface area contributed by atoms with Gasteiger partial charge in [-0.3, -0.25) is 67.1 Å². The van der Waals surface area contributed by atoms with Gasteiger partial charge in [-0.05, 0) is 123 Å². The summed E-state index contributed by atoms with van der Waals surface area (Å²) in [6, 6.07) is -15.8. The zero-order chi connectivity index (χ0) is 89.8. The number of nitrogens with zero attached hydrogens (tertiary/aromatic N) is 3. The number of hydrogen-bond acceptors (Lipinski definition) is 27. The SMILES string of the molecule is CCCCCCCCCCCCC[C@@H]1CC(=O)N[C@H]([C@@H](C)O)C(=O)N[C@H](C)C(=O)N[C@@H](Cc2ccc(O)cc2)C(=O)N[C@@H](C(C)C)C(=O)N2C[C@H](O)C[C@H]2C(=O)N[C@H]([C@@H](C)O)C(=O)N[C@@H]([C@@H](C)O)C(=O)N2CC[C@H](O)[C@H]2C(=O)N[C@@H]([C@H](O)CC(N)=O)C(=O)NCC(=O)N[C@H]([C@@H](C)O)C(=O)N[C@@H](CCCN(CCCN)C(=O)[C@@H](N)CCCN)C(=O)O1. The highest BCUT2D eigenvalue weighted by Gasteiger charge is 2.49. The molecule has 26 N–H and O–H groups in total.